The Kier molecular flexibility index (Phi) is 8.71. The molecule has 8 nitrogen and oxygen atoms in total. The second kappa shape index (κ2) is 10.7. The number of aryl methyl sites for hydroxylation is 2. The van der Waals surface area contributed by atoms with Gasteiger partial charge in [0.1, 0.15) is 16.9 Å². The number of amides is 1. The van der Waals surface area contributed by atoms with Gasteiger partial charge in [-0.05, 0) is 31.2 Å². The predicted octanol–water partition coefficient (Wildman–Crippen LogP) is 3.51. The van der Waals surface area contributed by atoms with E-state index in [1.54, 1.807) is 11.5 Å². The first kappa shape index (κ1) is 26.1. The summed E-state index contributed by atoms with van der Waals surface area (Å²) in [4.78, 5) is 23.6. The van der Waals surface area contributed by atoms with Gasteiger partial charge in [-0.2, -0.15) is 13.2 Å². The molecule has 0 unspecified atom stereocenters. The average molecular weight is 477 g/mol. The molecule has 0 spiro atoms. The van der Waals surface area contributed by atoms with Crippen LogP contribution in [0, 0.1) is 0 Å². The van der Waals surface area contributed by atoms with Crippen LogP contribution in [0.2, 0.25) is 0 Å². The maximum absolute atomic E-state index is 13.6. The number of alkyl halides is 3. The van der Waals surface area contributed by atoms with E-state index in [4.69, 9.17) is 4.52 Å². The molecule has 3 N–H and O–H groups in total. The first-order valence-electron chi connectivity index (χ1n) is 9.18. The molecule has 2 heterocycles. The molecule has 166 valence electrons. The van der Waals surface area contributed by atoms with Crippen LogP contribution in [0.25, 0.3) is 11.3 Å². The normalized spacial score (nSPS) is 11.1. The summed E-state index contributed by atoms with van der Waals surface area (Å²) in [6, 6.07) is 4.95. The molecule has 0 saturated heterocycles. The number of hydrogen-bond acceptors (Lipinski definition) is 5. The van der Waals surface area contributed by atoms with Crippen molar-refractivity contribution >= 4 is 68.9 Å². The number of anilines is 1. The van der Waals surface area contributed by atoms with Crippen molar-refractivity contribution < 1.29 is 37.5 Å². The van der Waals surface area contributed by atoms with Crippen LogP contribution in [0.15, 0.2) is 41.2 Å². The summed E-state index contributed by atoms with van der Waals surface area (Å²) in [5.74, 6) is -2.54. The molecule has 0 saturated carbocycles. The SMILES string of the molecule is CCn1cc(NC(=O)CCc2noc(-c3ccc(O)cc3)c2C(F)(F)F)c(C(=O)O)c1.[KH]. The van der Waals surface area contributed by atoms with Crippen molar-refractivity contribution in [2.24, 2.45) is 0 Å². The number of phenolic OH excluding ortho intramolecular Hbond substituents is 1. The fourth-order valence-corrected chi connectivity index (χ4v) is 3.00. The van der Waals surface area contributed by atoms with Gasteiger partial charge in [0.25, 0.3) is 0 Å². The van der Waals surface area contributed by atoms with E-state index >= 15 is 0 Å². The van der Waals surface area contributed by atoms with E-state index in [9.17, 15) is 33.0 Å². The minimum absolute atomic E-state index is 0. The van der Waals surface area contributed by atoms with E-state index < -0.39 is 35.1 Å². The molecule has 32 heavy (non-hydrogen) atoms. The molecule has 3 aromatic rings. The molecule has 12 heteroatoms. The molecule has 0 aliphatic rings. The molecule has 0 aliphatic heterocycles. The van der Waals surface area contributed by atoms with Gasteiger partial charge in [0.05, 0.1) is 11.4 Å². The molecular weight excluding hydrogens is 458 g/mol. The number of nitrogens with zero attached hydrogens (tertiary/aromatic N) is 2. The number of aromatic hydroxyl groups is 1. The number of nitrogens with one attached hydrogen (secondary N) is 1. The van der Waals surface area contributed by atoms with Crippen molar-refractivity contribution in [2.45, 2.75) is 32.5 Å². The van der Waals surface area contributed by atoms with Gasteiger partial charge in [0, 0.05) is 37.3 Å². The number of rotatable bonds is 7. The first-order chi connectivity index (χ1) is 14.6. The summed E-state index contributed by atoms with van der Waals surface area (Å²) in [6.45, 7) is 2.26. The standard InChI is InChI=1S/C20H18F3N3O5.K.H/c1-2-26-9-13(19(29)30)15(10-26)24-16(28)8-7-14-17(20(21,22)23)18(31-25-14)11-3-5-12(27)6-4-11;;/h3-6,9-10,27H,2,7-8H2,1H3,(H,24,28)(H,29,30);;. The van der Waals surface area contributed by atoms with Crippen molar-refractivity contribution in [3.8, 4) is 17.1 Å². The number of carboxylic acids is 1. The summed E-state index contributed by atoms with van der Waals surface area (Å²) < 4.78 is 47.4. The van der Waals surface area contributed by atoms with Crippen molar-refractivity contribution in [3.63, 3.8) is 0 Å². The first-order valence-corrected chi connectivity index (χ1v) is 9.18. The zero-order valence-corrected chi connectivity index (χ0v) is 16.2. The van der Waals surface area contributed by atoms with Crippen LogP contribution >= 0.6 is 0 Å². The van der Waals surface area contributed by atoms with Gasteiger partial charge in [0.15, 0.2) is 5.76 Å². The third-order valence-corrected chi connectivity index (χ3v) is 4.51. The van der Waals surface area contributed by atoms with Crippen molar-refractivity contribution in [1.82, 2.24) is 9.72 Å². The minimum atomic E-state index is -4.78. The number of hydrogen-bond donors (Lipinski definition) is 3. The topological polar surface area (TPSA) is 118 Å². The average Bonchev–Trinajstić information content (AvgIpc) is 3.31. The Morgan fingerprint density at radius 1 is 1.19 bits per heavy atom. The fraction of sp³-hybridized carbons (Fsp3) is 0.250. The number of carbonyl (C=O) groups is 2. The van der Waals surface area contributed by atoms with Crippen LogP contribution < -0.4 is 5.32 Å². The van der Waals surface area contributed by atoms with Crippen molar-refractivity contribution in [2.75, 3.05) is 5.32 Å². The Labute approximate surface area is 222 Å². The molecule has 3 rings (SSSR count). The monoisotopic (exact) mass is 477 g/mol. The van der Waals surface area contributed by atoms with E-state index in [0.29, 0.717) is 6.54 Å². The fourth-order valence-electron chi connectivity index (χ4n) is 3.00. The van der Waals surface area contributed by atoms with Crippen LogP contribution in [0.4, 0.5) is 18.9 Å². The Morgan fingerprint density at radius 2 is 1.84 bits per heavy atom. The van der Waals surface area contributed by atoms with Crippen LogP contribution in [0.3, 0.4) is 0 Å². The Hall–Kier alpha value is -2.12. The number of aromatic carboxylic acids is 1. The van der Waals surface area contributed by atoms with E-state index in [1.807, 2.05) is 0 Å². The van der Waals surface area contributed by atoms with Crippen LogP contribution in [-0.4, -0.2) is 83.2 Å². The number of halogens is 3. The van der Waals surface area contributed by atoms with E-state index in [1.165, 1.54) is 36.7 Å². The molecule has 0 atom stereocenters. The van der Waals surface area contributed by atoms with Crippen LogP contribution in [0.1, 0.15) is 35.0 Å². The molecule has 0 fully saturated rings. The zero-order chi connectivity index (χ0) is 22.8. The predicted molar refractivity (Wildman–Crippen MR) is 110 cm³/mol. The molecule has 0 bridgehead atoms. The van der Waals surface area contributed by atoms with E-state index in [-0.39, 0.29) is 86.8 Å². The number of benzene rings is 1. The van der Waals surface area contributed by atoms with Crippen LogP contribution in [0.5, 0.6) is 5.75 Å². The van der Waals surface area contributed by atoms with Gasteiger partial charge in [-0.25, -0.2) is 4.79 Å². The van der Waals surface area contributed by atoms with Gasteiger partial charge < -0.3 is 24.6 Å². The van der Waals surface area contributed by atoms with Crippen molar-refractivity contribution in [1.29, 1.82) is 0 Å². The number of carbonyl (C=O) groups excluding carboxylic acids is 1. The van der Waals surface area contributed by atoms with Gasteiger partial charge in [0.2, 0.25) is 5.91 Å². The Balaban J connectivity index is 0.00000363. The second-order valence-electron chi connectivity index (χ2n) is 6.65. The molecule has 1 amide bonds. The number of aromatic nitrogens is 2. The molecule has 0 aliphatic carbocycles. The van der Waals surface area contributed by atoms with Gasteiger partial charge in [-0.1, -0.05) is 5.16 Å². The van der Waals surface area contributed by atoms with Crippen molar-refractivity contribution in [3.05, 3.63) is 53.5 Å². The molecule has 0 radical (unpaired) electrons. The molecule has 2 aromatic heterocycles. The summed E-state index contributed by atoms with van der Waals surface area (Å²) in [7, 11) is 0. The Morgan fingerprint density at radius 3 is 2.41 bits per heavy atom. The summed E-state index contributed by atoms with van der Waals surface area (Å²) in [5.41, 5.74) is -1.55. The summed E-state index contributed by atoms with van der Waals surface area (Å²) >= 11 is 0. The van der Waals surface area contributed by atoms with Gasteiger partial charge in [-0.3, -0.25) is 4.79 Å². The summed E-state index contributed by atoms with van der Waals surface area (Å²) in [6.07, 6.45) is -2.75. The third kappa shape index (κ3) is 6.01. The van der Waals surface area contributed by atoms with Gasteiger partial charge >= 0.3 is 63.5 Å². The summed E-state index contributed by atoms with van der Waals surface area (Å²) in [5, 5.41) is 24.4. The van der Waals surface area contributed by atoms with Crippen LogP contribution in [-0.2, 0) is 23.9 Å². The third-order valence-electron chi connectivity index (χ3n) is 4.51. The van der Waals surface area contributed by atoms with E-state index in [0.717, 1.165) is 0 Å². The second-order valence-corrected chi connectivity index (χ2v) is 6.65. The maximum atomic E-state index is 13.6. The van der Waals surface area contributed by atoms with Gasteiger partial charge in [-0.15, -0.1) is 0 Å². The quantitative estimate of drug-likeness (QED) is 0.449. The number of phenols is 1. The Bertz CT molecular complexity index is 1110. The van der Waals surface area contributed by atoms with E-state index in [2.05, 4.69) is 10.5 Å². The zero-order valence-electron chi connectivity index (χ0n) is 16.2. The molecular formula is C20H19F3KN3O5. The molecule has 1 aromatic carbocycles. The number of carboxylic acid groups (broad SMARTS) is 1.